The van der Waals surface area contributed by atoms with Crippen molar-refractivity contribution in [3.05, 3.63) is 55.1 Å². The fourth-order valence-corrected chi connectivity index (χ4v) is 3.15. The lowest BCUT2D eigenvalue weighted by atomic mass is 10.2. The normalized spacial score (nSPS) is 14.6. The van der Waals surface area contributed by atoms with Crippen molar-refractivity contribution >= 4 is 16.9 Å². The number of nitrogens with zero attached hydrogens (tertiary/aromatic N) is 7. The molecule has 1 fully saturated rings. The monoisotopic (exact) mass is 359 g/mol. The van der Waals surface area contributed by atoms with Gasteiger partial charge in [0, 0.05) is 43.4 Å². The highest BCUT2D eigenvalue weighted by Crippen LogP contribution is 2.24. The van der Waals surface area contributed by atoms with E-state index < -0.39 is 0 Å². The Morgan fingerprint density at radius 3 is 2.63 bits per heavy atom. The summed E-state index contributed by atoms with van der Waals surface area (Å²) in [5.41, 5.74) is 3.44. The molecule has 8 heteroatoms. The summed E-state index contributed by atoms with van der Waals surface area (Å²) in [5, 5.41) is 4.64. The van der Waals surface area contributed by atoms with Gasteiger partial charge in [0.05, 0.1) is 24.4 Å². The van der Waals surface area contributed by atoms with Crippen LogP contribution in [-0.2, 0) is 4.74 Å². The zero-order valence-electron chi connectivity index (χ0n) is 14.6. The Bertz CT molecular complexity index is 1070. The largest absolute Gasteiger partial charge is 0.378 e. The van der Waals surface area contributed by atoms with E-state index in [-0.39, 0.29) is 0 Å². The Hall–Kier alpha value is -3.39. The van der Waals surface area contributed by atoms with Gasteiger partial charge in [-0.25, -0.2) is 9.67 Å². The number of anilines is 1. The molecule has 4 aromatic rings. The van der Waals surface area contributed by atoms with Crippen LogP contribution in [0.1, 0.15) is 0 Å². The van der Waals surface area contributed by atoms with E-state index >= 15 is 0 Å². The van der Waals surface area contributed by atoms with Crippen molar-refractivity contribution in [1.82, 2.24) is 29.7 Å². The number of hydrogen-bond acceptors (Lipinski definition) is 7. The fraction of sp³-hybridized carbons (Fsp3) is 0.211. The van der Waals surface area contributed by atoms with Crippen LogP contribution in [0.4, 0.5) is 5.82 Å². The molecule has 5 rings (SSSR count). The smallest absolute Gasteiger partial charge is 0.253 e. The fourth-order valence-electron chi connectivity index (χ4n) is 3.15. The summed E-state index contributed by atoms with van der Waals surface area (Å²) >= 11 is 0. The molecule has 0 unspecified atom stereocenters. The van der Waals surface area contributed by atoms with Gasteiger partial charge in [-0.15, -0.1) is 0 Å². The van der Waals surface area contributed by atoms with Crippen LogP contribution >= 0.6 is 0 Å². The average Bonchev–Trinajstić information content (AvgIpc) is 3.25. The van der Waals surface area contributed by atoms with E-state index in [4.69, 9.17) is 9.72 Å². The lowest BCUT2D eigenvalue weighted by molar-refractivity contribution is 0.122. The van der Waals surface area contributed by atoms with Crippen LogP contribution in [0.25, 0.3) is 28.2 Å². The average molecular weight is 359 g/mol. The van der Waals surface area contributed by atoms with Crippen LogP contribution in [0, 0.1) is 0 Å². The van der Waals surface area contributed by atoms with Crippen molar-refractivity contribution in [2.75, 3.05) is 31.2 Å². The number of fused-ring (bicyclic) bond motifs is 1. The summed E-state index contributed by atoms with van der Waals surface area (Å²) in [6.45, 7) is 2.93. The van der Waals surface area contributed by atoms with Crippen molar-refractivity contribution < 1.29 is 4.74 Å². The third kappa shape index (κ3) is 3.00. The summed E-state index contributed by atoms with van der Waals surface area (Å²) in [7, 11) is 0. The zero-order valence-corrected chi connectivity index (χ0v) is 14.6. The predicted molar refractivity (Wildman–Crippen MR) is 101 cm³/mol. The van der Waals surface area contributed by atoms with E-state index in [9.17, 15) is 0 Å². The standard InChI is InChI=1S/C19H17N7O/c1-2-16-17(21-6-1)18(25-10-12-27-13-11-25)23-19(22-16)26-9-5-15(24-26)14-3-7-20-8-4-14/h1-9H,10-13H2. The van der Waals surface area contributed by atoms with Crippen LogP contribution in [0.15, 0.2) is 55.1 Å². The van der Waals surface area contributed by atoms with E-state index in [1.54, 1.807) is 23.3 Å². The summed E-state index contributed by atoms with van der Waals surface area (Å²) < 4.78 is 7.17. The predicted octanol–water partition coefficient (Wildman–Crippen LogP) is 2.11. The highest BCUT2D eigenvalue weighted by atomic mass is 16.5. The van der Waals surface area contributed by atoms with Crippen molar-refractivity contribution in [3.8, 4) is 17.2 Å². The summed E-state index contributed by atoms with van der Waals surface area (Å²) in [5.74, 6) is 1.34. The third-order valence-corrected chi connectivity index (χ3v) is 4.51. The minimum atomic E-state index is 0.525. The highest BCUT2D eigenvalue weighted by Gasteiger charge is 2.19. The molecule has 1 aliphatic rings. The molecule has 0 N–H and O–H groups in total. The van der Waals surface area contributed by atoms with Gasteiger partial charge in [0.25, 0.3) is 5.95 Å². The molecule has 4 aromatic heterocycles. The van der Waals surface area contributed by atoms with Gasteiger partial charge in [-0.05, 0) is 30.3 Å². The van der Waals surface area contributed by atoms with Gasteiger partial charge >= 0.3 is 0 Å². The van der Waals surface area contributed by atoms with Crippen LogP contribution < -0.4 is 4.90 Å². The molecule has 27 heavy (non-hydrogen) atoms. The first-order valence-electron chi connectivity index (χ1n) is 8.80. The number of rotatable bonds is 3. The summed E-state index contributed by atoms with van der Waals surface area (Å²) in [4.78, 5) is 20.2. The van der Waals surface area contributed by atoms with E-state index in [0.29, 0.717) is 19.2 Å². The Morgan fingerprint density at radius 2 is 1.78 bits per heavy atom. The second-order valence-corrected chi connectivity index (χ2v) is 6.20. The Labute approximate surface area is 155 Å². The molecular weight excluding hydrogens is 342 g/mol. The molecule has 8 nitrogen and oxygen atoms in total. The molecule has 0 bridgehead atoms. The summed E-state index contributed by atoms with van der Waals surface area (Å²) in [6.07, 6.45) is 7.15. The van der Waals surface area contributed by atoms with Gasteiger partial charge < -0.3 is 9.64 Å². The Kier molecular flexibility index (Phi) is 3.95. The molecule has 0 spiro atoms. The van der Waals surface area contributed by atoms with Crippen molar-refractivity contribution in [1.29, 1.82) is 0 Å². The quantitative estimate of drug-likeness (QED) is 0.554. The maximum Gasteiger partial charge on any atom is 0.253 e. The molecular formula is C19H17N7O. The number of aromatic nitrogens is 6. The van der Waals surface area contributed by atoms with Crippen molar-refractivity contribution in [2.45, 2.75) is 0 Å². The van der Waals surface area contributed by atoms with E-state index in [0.717, 1.165) is 41.2 Å². The van der Waals surface area contributed by atoms with E-state index in [1.807, 2.05) is 36.5 Å². The maximum atomic E-state index is 5.47. The molecule has 134 valence electrons. The minimum Gasteiger partial charge on any atom is -0.378 e. The topological polar surface area (TPSA) is 81.9 Å². The molecule has 1 saturated heterocycles. The van der Waals surface area contributed by atoms with Gasteiger partial charge in [-0.2, -0.15) is 10.1 Å². The summed E-state index contributed by atoms with van der Waals surface area (Å²) in [6, 6.07) is 9.63. The molecule has 0 saturated carbocycles. The van der Waals surface area contributed by atoms with Crippen LogP contribution in [0.3, 0.4) is 0 Å². The molecule has 0 amide bonds. The number of hydrogen-bond donors (Lipinski definition) is 0. The van der Waals surface area contributed by atoms with Crippen molar-refractivity contribution in [3.63, 3.8) is 0 Å². The molecule has 1 aliphatic heterocycles. The van der Waals surface area contributed by atoms with Gasteiger partial charge in [0.2, 0.25) is 0 Å². The number of ether oxygens (including phenoxy) is 1. The first-order valence-corrected chi connectivity index (χ1v) is 8.80. The van der Waals surface area contributed by atoms with Crippen LogP contribution in [0.5, 0.6) is 0 Å². The van der Waals surface area contributed by atoms with Gasteiger partial charge in [0.15, 0.2) is 5.82 Å². The molecule has 0 atom stereocenters. The second kappa shape index (κ2) is 6.73. The zero-order chi connectivity index (χ0) is 18.1. The van der Waals surface area contributed by atoms with Gasteiger partial charge in [0.1, 0.15) is 5.52 Å². The molecule has 0 aliphatic carbocycles. The SMILES string of the molecule is c1cnc2c(N3CCOCC3)nc(-n3ccc(-c4ccncc4)n3)nc2c1. The van der Waals surface area contributed by atoms with Crippen LogP contribution in [-0.4, -0.2) is 56.0 Å². The lowest BCUT2D eigenvalue weighted by Crippen LogP contribution is -2.37. The highest BCUT2D eigenvalue weighted by molar-refractivity contribution is 5.86. The van der Waals surface area contributed by atoms with E-state index in [1.165, 1.54) is 0 Å². The second-order valence-electron chi connectivity index (χ2n) is 6.20. The molecule has 0 radical (unpaired) electrons. The third-order valence-electron chi connectivity index (χ3n) is 4.51. The van der Waals surface area contributed by atoms with Crippen LogP contribution in [0.2, 0.25) is 0 Å². The van der Waals surface area contributed by atoms with E-state index in [2.05, 4.69) is 25.0 Å². The first-order chi connectivity index (χ1) is 13.4. The Morgan fingerprint density at radius 1 is 0.926 bits per heavy atom. The van der Waals surface area contributed by atoms with Gasteiger partial charge in [-0.3, -0.25) is 9.97 Å². The Balaban J connectivity index is 1.60. The number of morpholine rings is 1. The molecule has 0 aromatic carbocycles. The van der Waals surface area contributed by atoms with Crippen molar-refractivity contribution in [2.24, 2.45) is 0 Å². The minimum absolute atomic E-state index is 0.525. The molecule has 5 heterocycles. The first kappa shape index (κ1) is 15.8. The maximum absolute atomic E-state index is 5.47. The number of pyridine rings is 2. The lowest BCUT2D eigenvalue weighted by Gasteiger charge is -2.28. The van der Waals surface area contributed by atoms with Gasteiger partial charge in [-0.1, -0.05) is 0 Å².